The second kappa shape index (κ2) is 5.47. The smallest absolute Gasteiger partial charge is 0.276 e. The Balaban J connectivity index is 2.22. The van der Waals surface area contributed by atoms with Crippen LogP contribution in [0.1, 0.15) is 0 Å². The maximum atomic E-state index is 8.68. The van der Waals surface area contributed by atoms with Crippen LogP contribution in [0.4, 0.5) is 0 Å². The molecular formula is C10H9BrN2O2S. The molecule has 0 spiro atoms. The first-order valence-corrected chi connectivity index (χ1v) is 6.41. The van der Waals surface area contributed by atoms with E-state index in [0.717, 1.165) is 10.0 Å². The summed E-state index contributed by atoms with van der Waals surface area (Å²) in [4.78, 5) is 0. The highest BCUT2D eigenvalue weighted by molar-refractivity contribution is 9.10. The Labute approximate surface area is 105 Å². The number of aromatic nitrogens is 2. The Bertz CT molecular complexity index is 475. The van der Waals surface area contributed by atoms with Crippen molar-refractivity contribution in [3.63, 3.8) is 0 Å². The summed E-state index contributed by atoms with van der Waals surface area (Å²) in [6.45, 7) is 0.0947. The molecule has 2 rings (SSSR count). The quantitative estimate of drug-likeness (QED) is 0.880. The van der Waals surface area contributed by atoms with Crippen LogP contribution in [0.2, 0.25) is 0 Å². The lowest BCUT2D eigenvalue weighted by molar-refractivity contribution is 0.322. The lowest BCUT2D eigenvalue weighted by atomic mass is 10.2. The average molecular weight is 301 g/mol. The van der Waals surface area contributed by atoms with Gasteiger partial charge in [0.2, 0.25) is 5.89 Å². The van der Waals surface area contributed by atoms with Gasteiger partial charge >= 0.3 is 0 Å². The van der Waals surface area contributed by atoms with Gasteiger partial charge in [-0.05, 0) is 28.1 Å². The first-order chi connectivity index (χ1) is 7.81. The first-order valence-electron chi connectivity index (χ1n) is 4.63. The predicted octanol–water partition coefficient (Wildman–Crippen LogP) is 2.58. The number of benzene rings is 1. The lowest BCUT2D eigenvalue weighted by Crippen LogP contribution is -1.84. The number of hydrogen-bond donors (Lipinski definition) is 1. The SMILES string of the molecule is OCCSc1nnc(-c2ccccc2Br)o1. The fourth-order valence-corrected chi connectivity index (χ4v) is 2.10. The Morgan fingerprint density at radius 1 is 1.31 bits per heavy atom. The summed E-state index contributed by atoms with van der Waals surface area (Å²) in [6, 6.07) is 7.65. The zero-order valence-electron chi connectivity index (χ0n) is 8.26. The molecule has 0 atom stereocenters. The van der Waals surface area contributed by atoms with Gasteiger partial charge in [-0.1, -0.05) is 23.9 Å². The van der Waals surface area contributed by atoms with Crippen LogP contribution in [0.25, 0.3) is 11.5 Å². The summed E-state index contributed by atoms with van der Waals surface area (Å²) in [5, 5.41) is 17.0. The van der Waals surface area contributed by atoms with Gasteiger partial charge in [0.25, 0.3) is 5.22 Å². The van der Waals surface area contributed by atoms with Crippen LogP contribution in [0.15, 0.2) is 38.4 Å². The number of hydrogen-bond acceptors (Lipinski definition) is 5. The molecule has 0 bridgehead atoms. The molecule has 6 heteroatoms. The molecule has 1 heterocycles. The molecule has 0 aliphatic carbocycles. The normalized spacial score (nSPS) is 10.6. The van der Waals surface area contributed by atoms with E-state index < -0.39 is 0 Å². The molecular weight excluding hydrogens is 292 g/mol. The molecule has 16 heavy (non-hydrogen) atoms. The average Bonchev–Trinajstić information content (AvgIpc) is 2.75. The van der Waals surface area contributed by atoms with Crippen molar-refractivity contribution in [3.05, 3.63) is 28.7 Å². The lowest BCUT2D eigenvalue weighted by Gasteiger charge is -1.96. The summed E-state index contributed by atoms with van der Waals surface area (Å²) in [7, 11) is 0. The Morgan fingerprint density at radius 3 is 2.88 bits per heavy atom. The third-order valence-electron chi connectivity index (χ3n) is 1.83. The van der Waals surface area contributed by atoms with Gasteiger partial charge in [-0.3, -0.25) is 0 Å². The van der Waals surface area contributed by atoms with Crippen molar-refractivity contribution in [2.24, 2.45) is 0 Å². The molecule has 0 aliphatic heterocycles. The van der Waals surface area contributed by atoms with Gasteiger partial charge in [-0.25, -0.2) is 0 Å². The van der Waals surface area contributed by atoms with E-state index in [1.807, 2.05) is 24.3 Å². The van der Waals surface area contributed by atoms with E-state index in [2.05, 4.69) is 26.1 Å². The van der Waals surface area contributed by atoms with Crippen molar-refractivity contribution in [2.75, 3.05) is 12.4 Å². The minimum atomic E-state index is 0.0947. The second-order valence-electron chi connectivity index (χ2n) is 2.93. The van der Waals surface area contributed by atoms with Gasteiger partial charge in [-0.2, -0.15) is 0 Å². The fourth-order valence-electron chi connectivity index (χ4n) is 1.14. The molecule has 84 valence electrons. The van der Waals surface area contributed by atoms with Crippen molar-refractivity contribution >= 4 is 27.7 Å². The molecule has 0 saturated carbocycles. The molecule has 0 radical (unpaired) electrons. The van der Waals surface area contributed by atoms with Crippen LogP contribution in [-0.2, 0) is 0 Å². The fraction of sp³-hybridized carbons (Fsp3) is 0.200. The van der Waals surface area contributed by atoms with Crippen molar-refractivity contribution in [3.8, 4) is 11.5 Å². The summed E-state index contributed by atoms with van der Waals surface area (Å²) in [5.74, 6) is 1.03. The molecule has 0 fully saturated rings. The zero-order valence-corrected chi connectivity index (χ0v) is 10.7. The van der Waals surface area contributed by atoms with Crippen LogP contribution in [0.5, 0.6) is 0 Å². The van der Waals surface area contributed by atoms with Crippen LogP contribution in [0, 0.1) is 0 Å². The minimum Gasteiger partial charge on any atom is -0.411 e. The van der Waals surface area contributed by atoms with Gasteiger partial charge in [0.15, 0.2) is 0 Å². The van der Waals surface area contributed by atoms with Crippen molar-refractivity contribution in [1.29, 1.82) is 0 Å². The topological polar surface area (TPSA) is 59.2 Å². The van der Waals surface area contributed by atoms with Gasteiger partial charge < -0.3 is 9.52 Å². The predicted molar refractivity (Wildman–Crippen MR) is 65.2 cm³/mol. The monoisotopic (exact) mass is 300 g/mol. The van der Waals surface area contributed by atoms with Crippen molar-refractivity contribution in [1.82, 2.24) is 10.2 Å². The van der Waals surface area contributed by atoms with Gasteiger partial charge in [0, 0.05) is 10.2 Å². The largest absolute Gasteiger partial charge is 0.411 e. The molecule has 4 nitrogen and oxygen atoms in total. The number of rotatable bonds is 4. The molecule has 0 aliphatic rings. The van der Waals surface area contributed by atoms with E-state index >= 15 is 0 Å². The number of aliphatic hydroxyl groups is 1. The van der Waals surface area contributed by atoms with Gasteiger partial charge in [0.1, 0.15) is 0 Å². The Kier molecular flexibility index (Phi) is 3.98. The summed E-state index contributed by atoms with van der Waals surface area (Å²) in [5.41, 5.74) is 0.867. The van der Waals surface area contributed by atoms with Crippen LogP contribution < -0.4 is 0 Å². The van der Waals surface area contributed by atoms with E-state index in [9.17, 15) is 0 Å². The highest BCUT2D eigenvalue weighted by Crippen LogP contribution is 2.28. The van der Waals surface area contributed by atoms with E-state index in [1.165, 1.54) is 11.8 Å². The van der Waals surface area contributed by atoms with E-state index in [1.54, 1.807) is 0 Å². The number of halogens is 1. The minimum absolute atomic E-state index is 0.0947. The molecule has 0 unspecified atom stereocenters. The van der Waals surface area contributed by atoms with Crippen molar-refractivity contribution < 1.29 is 9.52 Å². The molecule has 1 aromatic heterocycles. The van der Waals surface area contributed by atoms with Crippen LogP contribution in [-0.4, -0.2) is 27.7 Å². The number of nitrogens with zero attached hydrogens (tertiary/aromatic N) is 2. The number of aliphatic hydroxyl groups excluding tert-OH is 1. The third kappa shape index (κ3) is 2.63. The van der Waals surface area contributed by atoms with E-state index in [-0.39, 0.29) is 6.61 Å². The van der Waals surface area contributed by atoms with Crippen LogP contribution >= 0.6 is 27.7 Å². The van der Waals surface area contributed by atoms with E-state index in [4.69, 9.17) is 9.52 Å². The maximum absolute atomic E-state index is 8.68. The number of thioether (sulfide) groups is 1. The standard InChI is InChI=1S/C10H9BrN2O2S/c11-8-4-2-1-3-7(8)9-12-13-10(15-9)16-6-5-14/h1-4,14H,5-6H2. The Hall–Kier alpha value is -0.850. The highest BCUT2D eigenvalue weighted by atomic mass is 79.9. The van der Waals surface area contributed by atoms with Crippen LogP contribution in [0.3, 0.4) is 0 Å². The molecule has 1 aromatic carbocycles. The maximum Gasteiger partial charge on any atom is 0.276 e. The third-order valence-corrected chi connectivity index (χ3v) is 3.32. The van der Waals surface area contributed by atoms with E-state index in [0.29, 0.717) is 16.9 Å². The molecule has 0 saturated heterocycles. The molecule has 0 amide bonds. The van der Waals surface area contributed by atoms with Gasteiger partial charge in [0.05, 0.1) is 12.2 Å². The highest BCUT2D eigenvalue weighted by Gasteiger charge is 2.10. The molecule has 2 aromatic rings. The summed E-state index contributed by atoms with van der Waals surface area (Å²) < 4.78 is 6.37. The molecule has 1 N–H and O–H groups in total. The zero-order chi connectivity index (χ0) is 11.4. The first kappa shape index (κ1) is 11.6. The second-order valence-corrected chi connectivity index (χ2v) is 4.83. The Morgan fingerprint density at radius 2 is 2.12 bits per heavy atom. The summed E-state index contributed by atoms with van der Waals surface area (Å²) >= 11 is 4.76. The summed E-state index contributed by atoms with van der Waals surface area (Å²) in [6.07, 6.45) is 0. The van der Waals surface area contributed by atoms with Gasteiger partial charge in [-0.15, -0.1) is 10.2 Å². The van der Waals surface area contributed by atoms with Crippen molar-refractivity contribution in [2.45, 2.75) is 5.22 Å².